The quantitative estimate of drug-likeness (QED) is 0.243. The molecule has 0 unspecified atom stereocenters. The molecule has 23 heavy (non-hydrogen) atoms. The zero-order valence-corrected chi connectivity index (χ0v) is 15.3. The van der Waals surface area contributed by atoms with Gasteiger partial charge in [-0.05, 0) is 43.7 Å². The molecule has 0 amide bonds. The van der Waals surface area contributed by atoms with Crippen LogP contribution in [0.5, 0.6) is 0 Å². The first-order chi connectivity index (χ1) is 11.3. The van der Waals surface area contributed by atoms with Crippen LogP contribution in [0.2, 0.25) is 0 Å². The van der Waals surface area contributed by atoms with Gasteiger partial charge in [0, 0.05) is 25.0 Å². The Balaban J connectivity index is 2.01. The van der Waals surface area contributed by atoms with E-state index in [1.807, 2.05) is 0 Å². The van der Waals surface area contributed by atoms with Crippen molar-refractivity contribution in [1.82, 2.24) is 0 Å². The number of halogens is 1. The second-order valence-electron chi connectivity index (χ2n) is 5.13. The molecule has 4 nitrogen and oxygen atoms in total. The van der Waals surface area contributed by atoms with Gasteiger partial charge < -0.3 is 13.9 Å². The van der Waals surface area contributed by atoms with Crippen molar-refractivity contribution in [3.05, 3.63) is 23.7 Å². The van der Waals surface area contributed by atoms with E-state index in [9.17, 15) is 4.79 Å². The number of ether oxygens (including phenoxy) is 2. The number of carbonyl (C=O) groups is 1. The topological polar surface area (TPSA) is 48.7 Å². The monoisotopic (exact) mass is 384 g/mol. The summed E-state index contributed by atoms with van der Waals surface area (Å²) in [4.78, 5) is 11.2. The van der Waals surface area contributed by atoms with Gasteiger partial charge >= 0.3 is 5.97 Å². The summed E-state index contributed by atoms with van der Waals surface area (Å²) in [5.74, 6) is 6.14. The van der Waals surface area contributed by atoms with Gasteiger partial charge in [-0.1, -0.05) is 34.7 Å². The van der Waals surface area contributed by atoms with Crippen molar-refractivity contribution in [1.29, 1.82) is 0 Å². The second-order valence-corrected chi connectivity index (χ2v) is 5.92. The number of hydrogen-bond acceptors (Lipinski definition) is 4. The molecule has 1 heterocycles. The average molecular weight is 385 g/mol. The third-order valence-electron chi connectivity index (χ3n) is 3.22. The van der Waals surface area contributed by atoms with E-state index in [1.54, 1.807) is 12.1 Å². The van der Waals surface area contributed by atoms with E-state index in [0.29, 0.717) is 5.76 Å². The number of unbranched alkanes of at least 4 members (excludes halogenated alkanes) is 5. The highest BCUT2D eigenvalue weighted by atomic mass is 79.9. The van der Waals surface area contributed by atoms with Crippen LogP contribution in [0.4, 0.5) is 0 Å². The molecule has 0 aliphatic rings. The SMILES string of the molecule is COC(=O)c1ccc(C#CCCCCOCCCCCCBr)o1. The van der Waals surface area contributed by atoms with Crippen LogP contribution in [-0.4, -0.2) is 31.6 Å². The summed E-state index contributed by atoms with van der Waals surface area (Å²) in [7, 11) is 1.32. The Labute approximate surface area is 147 Å². The highest BCUT2D eigenvalue weighted by Gasteiger charge is 2.09. The minimum absolute atomic E-state index is 0.182. The molecule has 0 aliphatic carbocycles. The van der Waals surface area contributed by atoms with E-state index >= 15 is 0 Å². The Morgan fingerprint density at radius 2 is 1.87 bits per heavy atom. The zero-order chi connectivity index (χ0) is 16.8. The summed E-state index contributed by atoms with van der Waals surface area (Å²) in [6, 6.07) is 3.25. The molecule has 0 fully saturated rings. The maximum atomic E-state index is 11.2. The van der Waals surface area contributed by atoms with Crippen molar-refractivity contribution in [3.8, 4) is 11.8 Å². The van der Waals surface area contributed by atoms with Gasteiger partial charge in [-0.15, -0.1) is 0 Å². The van der Waals surface area contributed by atoms with Crippen LogP contribution in [-0.2, 0) is 9.47 Å². The number of esters is 1. The molecule has 0 saturated heterocycles. The van der Waals surface area contributed by atoms with Gasteiger partial charge in [0.25, 0.3) is 0 Å². The molecule has 128 valence electrons. The van der Waals surface area contributed by atoms with Crippen molar-refractivity contribution in [2.24, 2.45) is 0 Å². The largest absolute Gasteiger partial charge is 0.463 e. The van der Waals surface area contributed by atoms with Crippen LogP contribution in [0.3, 0.4) is 0 Å². The molecule has 0 spiro atoms. The summed E-state index contributed by atoms with van der Waals surface area (Å²) >= 11 is 3.43. The predicted octanol–water partition coefficient (Wildman–Crippen LogP) is 4.56. The minimum atomic E-state index is -0.484. The Kier molecular flexibility index (Phi) is 11.4. The predicted molar refractivity (Wildman–Crippen MR) is 93.9 cm³/mol. The van der Waals surface area contributed by atoms with Gasteiger partial charge in [-0.25, -0.2) is 4.79 Å². The number of rotatable bonds is 11. The van der Waals surface area contributed by atoms with Crippen LogP contribution in [0.1, 0.15) is 61.3 Å². The summed E-state index contributed by atoms with van der Waals surface area (Å²) < 4.78 is 15.4. The first kappa shape index (κ1) is 19.8. The van der Waals surface area contributed by atoms with Crippen molar-refractivity contribution >= 4 is 21.9 Å². The maximum Gasteiger partial charge on any atom is 0.374 e. The van der Waals surface area contributed by atoms with E-state index in [-0.39, 0.29) is 5.76 Å². The standard InChI is InChI=1S/C18H25BrO4/c1-21-18(20)17-12-11-16(23-17)10-6-2-4-8-14-22-15-9-5-3-7-13-19/h11-12H,2-5,7-9,13-15H2,1H3. The first-order valence-electron chi connectivity index (χ1n) is 8.08. The van der Waals surface area contributed by atoms with Gasteiger partial charge in [0.1, 0.15) is 0 Å². The molecule has 1 rings (SSSR count). The van der Waals surface area contributed by atoms with Crippen LogP contribution < -0.4 is 0 Å². The average Bonchev–Trinajstić information content (AvgIpc) is 3.04. The molecule has 0 radical (unpaired) electrons. The van der Waals surface area contributed by atoms with Crippen LogP contribution in [0.15, 0.2) is 16.5 Å². The fourth-order valence-corrected chi connectivity index (χ4v) is 2.33. The molecule has 0 saturated carbocycles. The highest BCUT2D eigenvalue weighted by molar-refractivity contribution is 9.09. The normalized spacial score (nSPS) is 10.2. The number of alkyl halides is 1. The van der Waals surface area contributed by atoms with E-state index in [1.165, 1.54) is 26.4 Å². The molecule has 0 N–H and O–H groups in total. The van der Waals surface area contributed by atoms with Crippen LogP contribution >= 0.6 is 15.9 Å². The minimum Gasteiger partial charge on any atom is -0.463 e. The lowest BCUT2D eigenvalue weighted by Gasteiger charge is -2.02. The molecule has 0 bridgehead atoms. The van der Waals surface area contributed by atoms with Gasteiger partial charge in [0.15, 0.2) is 5.76 Å². The second kappa shape index (κ2) is 13.2. The molecule has 1 aromatic heterocycles. The highest BCUT2D eigenvalue weighted by Crippen LogP contribution is 2.08. The zero-order valence-electron chi connectivity index (χ0n) is 13.7. The van der Waals surface area contributed by atoms with E-state index in [2.05, 4.69) is 32.5 Å². The van der Waals surface area contributed by atoms with Crippen LogP contribution in [0.25, 0.3) is 0 Å². The van der Waals surface area contributed by atoms with Crippen molar-refractivity contribution < 1.29 is 18.7 Å². The lowest BCUT2D eigenvalue weighted by Crippen LogP contribution is -1.98. The lowest BCUT2D eigenvalue weighted by molar-refractivity contribution is 0.0564. The molecule has 0 atom stereocenters. The smallest absolute Gasteiger partial charge is 0.374 e. The van der Waals surface area contributed by atoms with E-state index < -0.39 is 5.97 Å². The molecule has 5 heteroatoms. The Hall–Kier alpha value is -1.25. The number of methoxy groups -OCH3 is 1. The summed E-state index contributed by atoms with van der Waals surface area (Å²) in [5, 5.41) is 1.09. The summed E-state index contributed by atoms with van der Waals surface area (Å²) in [6.07, 6.45) is 7.72. The van der Waals surface area contributed by atoms with Crippen molar-refractivity contribution in [3.63, 3.8) is 0 Å². The Morgan fingerprint density at radius 3 is 2.61 bits per heavy atom. The molecule has 1 aromatic rings. The van der Waals surface area contributed by atoms with Crippen LogP contribution in [0, 0.1) is 11.8 Å². The Morgan fingerprint density at radius 1 is 1.13 bits per heavy atom. The van der Waals surface area contributed by atoms with Gasteiger partial charge in [0.05, 0.1) is 7.11 Å². The number of furan rings is 1. The molecular weight excluding hydrogens is 360 g/mol. The fraction of sp³-hybridized carbons (Fsp3) is 0.611. The maximum absolute atomic E-state index is 11.2. The first-order valence-corrected chi connectivity index (χ1v) is 9.21. The van der Waals surface area contributed by atoms with Crippen molar-refractivity contribution in [2.75, 3.05) is 25.7 Å². The third-order valence-corrected chi connectivity index (χ3v) is 3.78. The molecule has 0 aliphatic heterocycles. The Bertz CT molecular complexity index is 499. The summed E-state index contributed by atoms with van der Waals surface area (Å²) in [5.41, 5.74) is 0. The molecule has 0 aromatic carbocycles. The van der Waals surface area contributed by atoms with Gasteiger partial charge in [-0.2, -0.15) is 0 Å². The van der Waals surface area contributed by atoms with Gasteiger partial charge in [0.2, 0.25) is 5.76 Å². The third kappa shape index (κ3) is 9.47. The number of hydrogen-bond donors (Lipinski definition) is 0. The molecular formula is C18H25BrO4. The number of carbonyl (C=O) groups excluding carboxylic acids is 1. The fourth-order valence-electron chi connectivity index (χ4n) is 1.94. The van der Waals surface area contributed by atoms with E-state index in [0.717, 1.165) is 44.2 Å². The van der Waals surface area contributed by atoms with E-state index in [4.69, 9.17) is 9.15 Å². The van der Waals surface area contributed by atoms with Gasteiger partial charge in [-0.3, -0.25) is 0 Å². The lowest BCUT2D eigenvalue weighted by atomic mass is 10.2. The van der Waals surface area contributed by atoms with Crippen molar-refractivity contribution in [2.45, 2.75) is 44.9 Å². The summed E-state index contributed by atoms with van der Waals surface area (Å²) in [6.45, 7) is 1.66.